The molecule has 1 N–H and O–H groups in total. The van der Waals surface area contributed by atoms with Crippen LogP contribution >= 0.6 is 0 Å². The molecule has 1 aromatic rings. The van der Waals surface area contributed by atoms with Gasteiger partial charge in [0.1, 0.15) is 5.69 Å². The van der Waals surface area contributed by atoms with Crippen LogP contribution in [0, 0.1) is 10.1 Å². The van der Waals surface area contributed by atoms with Gasteiger partial charge in [-0.2, -0.15) is 0 Å². The van der Waals surface area contributed by atoms with Crippen LogP contribution in [0.3, 0.4) is 0 Å². The molecule has 1 aliphatic heterocycles. The Bertz CT molecular complexity index is 566. The SMILES string of the molecule is O=C(c1cc([N+](=O)[O-])cn1C1CC1)N1CCOC(CO)C1. The van der Waals surface area contributed by atoms with E-state index in [1.54, 1.807) is 9.47 Å². The molecule has 1 amide bonds. The van der Waals surface area contributed by atoms with Crippen molar-refractivity contribution in [1.82, 2.24) is 9.47 Å². The second kappa shape index (κ2) is 5.45. The number of aliphatic hydroxyl groups excluding tert-OH is 1. The quantitative estimate of drug-likeness (QED) is 0.646. The molecule has 1 aromatic heterocycles. The standard InChI is InChI=1S/C13H17N3O5/c17-8-11-7-14(3-4-21-11)13(18)12-5-10(16(19)20)6-15(12)9-1-2-9/h5-6,9,11,17H,1-4,7-8H2. The van der Waals surface area contributed by atoms with Gasteiger partial charge in [0, 0.05) is 25.2 Å². The molecule has 1 aliphatic carbocycles. The Morgan fingerprint density at radius 2 is 2.29 bits per heavy atom. The summed E-state index contributed by atoms with van der Waals surface area (Å²) in [5, 5.41) is 20.1. The van der Waals surface area contributed by atoms with Crippen molar-refractivity contribution in [3.05, 3.63) is 28.1 Å². The summed E-state index contributed by atoms with van der Waals surface area (Å²) in [5.74, 6) is -0.239. The van der Waals surface area contributed by atoms with E-state index in [0.717, 1.165) is 12.8 Å². The largest absolute Gasteiger partial charge is 0.394 e. The van der Waals surface area contributed by atoms with E-state index in [4.69, 9.17) is 9.84 Å². The van der Waals surface area contributed by atoms with Crippen LogP contribution in [0.1, 0.15) is 29.4 Å². The number of nitrogens with zero attached hydrogens (tertiary/aromatic N) is 3. The number of aromatic nitrogens is 1. The van der Waals surface area contributed by atoms with Crippen LogP contribution in [-0.4, -0.2) is 57.8 Å². The van der Waals surface area contributed by atoms with Gasteiger partial charge in [0.2, 0.25) is 0 Å². The number of hydrogen-bond donors (Lipinski definition) is 1. The molecule has 0 aromatic carbocycles. The zero-order valence-electron chi connectivity index (χ0n) is 11.5. The Hall–Kier alpha value is -1.93. The normalized spacial score (nSPS) is 22.3. The molecule has 8 heteroatoms. The highest BCUT2D eigenvalue weighted by Crippen LogP contribution is 2.38. The van der Waals surface area contributed by atoms with Crippen LogP contribution in [0.4, 0.5) is 5.69 Å². The van der Waals surface area contributed by atoms with E-state index >= 15 is 0 Å². The van der Waals surface area contributed by atoms with E-state index in [1.165, 1.54) is 12.3 Å². The fourth-order valence-electron chi connectivity index (χ4n) is 2.57. The lowest BCUT2D eigenvalue weighted by Gasteiger charge is -2.32. The fraction of sp³-hybridized carbons (Fsp3) is 0.615. The van der Waals surface area contributed by atoms with Crippen molar-refractivity contribution in [2.24, 2.45) is 0 Å². The van der Waals surface area contributed by atoms with E-state index in [9.17, 15) is 14.9 Å². The fourth-order valence-corrected chi connectivity index (χ4v) is 2.57. The van der Waals surface area contributed by atoms with Gasteiger partial charge in [-0.25, -0.2) is 0 Å². The van der Waals surface area contributed by atoms with E-state index in [2.05, 4.69) is 0 Å². The summed E-state index contributed by atoms with van der Waals surface area (Å²) in [5.41, 5.74) is 0.292. The average molecular weight is 295 g/mol. The van der Waals surface area contributed by atoms with Crippen LogP contribution < -0.4 is 0 Å². The summed E-state index contributed by atoms with van der Waals surface area (Å²) < 4.78 is 7.03. The number of hydrogen-bond acceptors (Lipinski definition) is 5. The number of rotatable bonds is 4. The minimum Gasteiger partial charge on any atom is -0.394 e. The number of amides is 1. The first-order chi connectivity index (χ1) is 10.1. The molecule has 1 saturated heterocycles. The van der Waals surface area contributed by atoms with Crippen LogP contribution in [-0.2, 0) is 4.74 Å². The number of aliphatic hydroxyl groups is 1. The molecular weight excluding hydrogens is 278 g/mol. The zero-order chi connectivity index (χ0) is 15.0. The smallest absolute Gasteiger partial charge is 0.287 e. The van der Waals surface area contributed by atoms with Gasteiger partial charge in [-0.3, -0.25) is 14.9 Å². The van der Waals surface area contributed by atoms with E-state index < -0.39 is 4.92 Å². The van der Waals surface area contributed by atoms with Gasteiger partial charge in [-0.05, 0) is 12.8 Å². The van der Waals surface area contributed by atoms with Gasteiger partial charge in [0.05, 0.1) is 30.4 Å². The molecule has 1 atom stereocenters. The van der Waals surface area contributed by atoms with Crippen molar-refractivity contribution in [3.8, 4) is 0 Å². The van der Waals surface area contributed by atoms with Crippen LogP contribution in [0.25, 0.3) is 0 Å². The maximum Gasteiger partial charge on any atom is 0.287 e. The maximum absolute atomic E-state index is 12.6. The second-order valence-corrected chi connectivity index (χ2v) is 5.41. The number of nitro groups is 1. The predicted molar refractivity (Wildman–Crippen MR) is 72.1 cm³/mol. The first-order valence-electron chi connectivity index (χ1n) is 6.98. The minimum absolute atomic E-state index is 0.0581. The predicted octanol–water partition coefficient (Wildman–Crippen LogP) is 0.565. The van der Waals surface area contributed by atoms with Gasteiger partial charge in [-0.15, -0.1) is 0 Å². The first kappa shape index (κ1) is 14.0. The summed E-state index contributed by atoms with van der Waals surface area (Å²) in [6.45, 7) is 0.953. The molecule has 8 nitrogen and oxygen atoms in total. The lowest BCUT2D eigenvalue weighted by molar-refractivity contribution is -0.384. The summed E-state index contributed by atoms with van der Waals surface area (Å²) in [4.78, 5) is 24.6. The Morgan fingerprint density at radius 3 is 2.90 bits per heavy atom. The monoisotopic (exact) mass is 295 g/mol. The van der Waals surface area contributed by atoms with Crippen molar-refractivity contribution in [2.45, 2.75) is 25.0 Å². The Morgan fingerprint density at radius 1 is 1.52 bits per heavy atom. The van der Waals surface area contributed by atoms with Gasteiger partial charge >= 0.3 is 0 Å². The molecule has 2 fully saturated rings. The van der Waals surface area contributed by atoms with Crippen LogP contribution in [0.5, 0.6) is 0 Å². The third-order valence-electron chi connectivity index (χ3n) is 3.83. The van der Waals surface area contributed by atoms with E-state index in [-0.39, 0.29) is 30.3 Å². The number of carbonyl (C=O) groups is 1. The van der Waals surface area contributed by atoms with Crippen molar-refractivity contribution >= 4 is 11.6 Å². The summed E-state index contributed by atoms with van der Waals surface area (Å²) in [6, 6.07) is 1.52. The number of ether oxygens (including phenoxy) is 1. The molecule has 0 radical (unpaired) electrons. The van der Waals surface area contributed by atoms with Crippen molar-refractivity contribution < 1.29 is 19.6 Å². The van der Waals surface area contributed by atoms with Gasteiger partial charge in [0.25, 0.3) is 11.6 Å². The zero-order valence-corrected chi connectivity index (χ0v) is 11.5. The lowest BCUT2D eigenvalue weighted by Crippen LogP contribution is -2.47. The third-order valence-corrected chi connectivity index (χ3v) is 3.83. The van der Waals surface area contributed by atoms with Gasteiger partial charge in [-0.1, -0.05) is 0 Å². The molecule has 1 saturated carbocycles. The second-order valence-electron chi connectivity index (χ2n) is 5.41. The highest BCUT2D eigenvalue weighted by molar-refractivity contribution is 5.93. The molecule has 2 aliphatic rings. The summed E-state index contributed by atoms with van der Waals surface area (Å²) in [7, 11) is 0. The number of carbonyl (C=O) groups excluding carboxylic acids is 1. The molecule has 3 rings (SSSR count). The highest BCUT2D eigenvalue weighted by atomic mass is 16.6. The van der Waals surface area contributed by atoms with E-state index in [1.807, 2.05) is 0 Å². The maximum atomic E-state index is 12.6. The third kappa shape index (κ3) is 2.77. The van der Waals surface area contributed by atoms with Gasteiger partial charge < -0.3 is 19.3 Å². The first-order valence-corrected chi connectivity index (χ1v) is 6.98. The molecule has 0 bridgehead atoms. The molecule has 2 heterocycles. The molecule has 0 spiro atoms. The molecule has 21 heavy (non-hydrogen) atoms. The van der Waals surface area contributed by atoms with Crippen molar-refractivity contribution in [3.63, 3.8) is 0 Å². The van der Waals surface area contributed by atoms with Crippen molar-refractivity contribution in [1.29, 1.82) is 0 Å². The Balaban J connectivity index is 1.84. The molecule has 1 unspecified atom stereocenters. The van der Waals surface area contributed by atoms with E-state index in [0.29, 0.717) is 25.4 Å². The molecule has 114 valence electrons. The highest BCUT2D eigenvalue weighted by Gasteiger charge is 2.33. The number of morpholine rings is 1. The topological polar surface area (TPSA) is 97.8 Å². The Kier molecular flexibility index (Phi) is 3.64. The van der Waals surface area contributed by atoms with Crippen LogP contribution in [0.15, 0.2) is 12.3 Å². The van der Waals surface area contributed by atoms with Crippen LogP contribution in [0.2, 0.25) is 0 Å². The Labute approximate surface area is 121 Å². The average Bonchev–Trinajstić information content (AvgIpc) is 3.24. The van der Waals surface area contributed by atoms with Gasteiger partial charge in [0.15, 0.2) is 0 Å². The summed E-state index contributed by atoms with van der Waals surface area (Å²) in [6.07, 6.45) is 2.93. The lowest BCUT2D eigenvalue weighted by atomic mass is 10.2. The molecular formula is C13H17N3O5. The minimum atomic E-state index is -0.481. The summed E-state index contributed by atoms with van der Waals surface area (Å²) >= 11 is 0. The van der Waals surface area contributed by atoms with Crippen molar-refractivity contribution in [2.75, 3.05) is 26.3 Å².